The van der Waals surface area contributed by atoms with Crippen molar-refractivity contribution in [2.24, 2.45) is 0 Å². The van der Waals surface area contributed by atoms with Crippen LogP contribution in [0.15, 0.2) is 30.3 Å². The molecule has 0 aliphatic carbocycles. The largest absolute Gasteiger partial charge is 0.496 e. The molecular weight excluding hydrogens is 295 g/mol. The van der Waals surface area contributed by atoms with Crippen molar-refractivity contribution in [3.8, 4) is 22.6 Å². The first-order valence-electron chi connectivity index (χ1n) is 6.41. The van der Waals surface area contributed by atoms with Gasteiger partial charge in [0.2, 0.25) is 0 Å². The molecule has 0 bridgehead atoms. The van der Waals surface area contributed by atoms with Crippen LogP contribution in [0.25, 0.3) is 11.1 Å². The van der Waals surface area contributed by atoms with Gasteiger partial charge < -0.3 is 9.47 Å². The van der Waals surface area contributed by atoms with E-state index < -0.39 is 0 Å². The summed E-state index contributed by atoms with van der Waals surface area (Å²) in [7, 11) is 1.64. The second-order valence-corrected chi connectivity index (χ2v) is 5.79. The van der Waals surface area contributed by atoms with E-state index in [1.165, 1.54) is 0 Å². The zero-order valence-corrected chi connectivity index (χ0v) is 12.8. The second kappa shape index (κ2) is 5.19. The van der Waals surface area contributed by atoms with Gasteiger partial charge in [0.15, 0.2) is 0 Å². The highest BCUT2D eigenvalue weighted by molar-refractivity contribution is 6.31. The van der Waals surface area contributed by atoms with E-state index >= 15 is 0 Å². The van der Waals surface area contributed by atoms with E-state index in [2.05, 4.69) is 0 Å². The Morgan fingerprint density at radius 3 is 2.60 bits per heavy atom. The summed E-state index contributed by atoms with van der Waals surface area (Å²) in [4.78, 5) is 0. The van der Waals surface area contributed by atoms with Crippen molar-refractivity contribution >= 4 is 23.2 Å². The van der Waals surface area contributed by atoms with E-state index in [9.17, 15) is 0 Å². The number of rotatable bonds is 2. The molecular formula is C16H14Cl2O2. The van der Waals surface area contributed by atoms with E-state index in [4.69, 9.17) is 32.7 Å². The second-order valence-electron chi connectivity index (χ2n) is 4.92. The Labute approximate surface area is 128 Å². The van der Waals surface area contributed by atoms with Gasteiger partial charge in [0, 0.05) is 27.6 Å². The van der Waals surface area contributed by atoms with Crippen LogP contribution < -0.4 is 9.47 Å². The number of hydrogen-bond donors (Lipinski definition) is 0. The number of ether oxygens (including phenoxy) is 2. The lowest BCUT2D eigenvalue weighted by molar-refractivity contribution is 0.255. The first kappa shape index (κ1) is 13.6. The predicted molar refractivity (Wildman–Crippen MR) is 82.2 cm³/mol. The summed E-state index contributed by atoms with van der Waals surface area (Å²) in [5, 5.41) is 1.35. The zero-order chi connectivity index (χ0) is 14.3. The molecule has 0 saturated heterocycles. The molecule has 0 spiro atoms. The fraction of sp³-hybridized carbons (Fsp3) is 0.250. The zero-order valence-electron chi connectivity index (χ0n) is 11.2. The van der Waals surface area contributed by atoms with Crippen molar-refractivity contribution in [3.63, 3.8) is 0 Å². The Hall–Kier alpha value is -1.38. The van der Waals surface area contributed by atoms with E-state index in [1.54, 1.807) is 13.2 Å². The number of benzene rings is 2. The SMILES string of the molecule is COc1ccc(Cl)cc1-c1cc(Cl)cc2c1OC(C)C2. The number of halogens is 2. The monoisotopic (exact) mass is 308 g/mol. The number of hydrogen-bond acceptors (Lipinski definition) is 2. The van der Waals surface area contributed by atoms with Gasteiger partial charge in [0.1, 0.15) is 17.6 Å². The average Bonchev–Trinajstić information content (AvgIpc) is 2.77. The highest BCUT2D eigenvalue weighted by Crippen LogP contribution is 2.44. The molecule has 0 fully saturated rings. The smallest absolute Gasteiger partial charge is 0.131 e. The fourth-order valence-corrected chi connectivity index (χ4v) is 3.00. The van der Waals surface area contributed by atoms with Gasteiger partial charge in [0.25, 0.3) is 0 Å². The Balaban J connectivity index is 2.23. The van der Waals surface area contributed by atoms with Crippen LogP contribution in [0, 0.1) is 0 Å². The summed E-state index contributed by atoms with van der Waals surface area (Å²) in [5.74, 6) is 1.63. The molecule has 1 aliphatic rings. The maximum absolute atomic E-state index is 6.23. The van der Waals surface area contributed by atoms with Gasteiger partial charge in [-0.05, 0) is 42.8 Å². The van der Waals surface area contributed by atoms with E-state index in [-0.39, 0.29) is 6.10 Å². The van der Waals surface area contributed by atoms with Crippen LogP contribution in [0.5, 0.6) is 11.5 Å². The van der Waals surface area contributed by atoms with E-state index in [1.807, 2.05) is 31.2 Å². The van der Waals surface area contributed by atoms with Gasteiger partial charge in [-0.15, -0.1) is 0 Å². The molecule has 1 aliphatic heterocycles. The summed E-state index contributed by atoms with van der Waals surface area (Å²) in [6.45, 7) is 2.05. The van der Waals surface area contributed by atoms with Crippen LogP contribution >= 0.6 is 23.2 Å². The summed E-state index contributed by atoms with van der Waals surface area (Å²) in [6, 6.07) is 9.38. The maximum atomic E-state index is 6.23. The van der Waals surface area contributed by atoms with Gasteiger partial charge in [-0.1, -0.05) is 23.2 Å². The minimum atomic E-state index is 0.160. The fourth-order valence-electron chi connectivity index (χ4n) is 2.58. The Morgan fingerprint density at radius 2 is 1.85 bits per heavy atom. The molecule has 1 atom stereocenters. The minimum Gasteiger partial charge on any atom is -0.496 e. The Kier molecular flexibility index (Phi) is 3.53. The van der Waals surface area contributed by atoms with Crippen LogP contribution in [-0.2, 0) is 6.42 Å². The molecule has 0 N–H and O–H groups in total. The average molecular weight is 309 g/mol. The minimum absolute atomic E-state index is 0.160. The predicted octanol–water partition coefficient (Wildman–Crippen LogP) is 4.99. The molecule has 2 aromatic rings. The standard InChI is InChI=1S/C16H14Cl2O2/c1-9-5-10-6-12(18)8-14(16(10)20-9)13-7-11(17)3-4-15(13)19-2/h3-4,6-9H,5H2,1-2H3. The third-order valence-corrected chi connectivity index (χ3v) is 3.86. The van der Waals surface area contributed by atoms with Crippen LogP contribution in [0.2, 0.25) is 10.0 Å². The molecule has 2 aromatic carbocycles. The summed E-state index contributed by atoms with van der Waals surface area (Å²) in [5.41, 5.74) is 2.95. The maximum Gasteiger partial charge on any atom is 0.131 e. The summed E-state index contributed by atoms with van der Waals surface area (Å²) in [6.07, 6.45) is 1.03. The van der Waals surface area contributed by atoms with Crippen LogP contribution in [0.1, 0.15) is 12.5 Å². The van der Waals surface area contributed by atoms with Gasteiger partial charge in [-0.3, -0.25) is 0 Å². The Morgan fingerprint density at radius 1 is 1.10 bits per heavy atom. The highest BCUT2D eigenvalue weighted by Gasteiger charge is 2.25. The number of methoxy groups -OCH3 is 1. The van der Waals surface area contributed by atoms with Crippen LogP contribution in [0.4, 0.5) is 0 Å². The van der Waals surface area contributed by atoms with Crippen LogP contribution in [-0.4, -0.2) is 13.2 Å². The van der Waals surface area contributed by atoms with E-state index in [0.29, 0.717) is 10.0 Å². The normalized spacial score (nSPS) is 16.7. The highest BCUT2D eigenvalue weighted by atomic mass is 35.5. The molecule has 0 amide bonds. The molecule has 3 rings (SSSR count). The number of fused-ring (bicyclic) bond motifs is 1. The van der Waals surface area contributed by atoms with Gasteiger partial charge in [0.05, 0.1) is 7.11 Å². The molecule has 2 nitrogen and oxygen atoms in total. The molecule has 0 radical (unpaired) electrons. The van der Waals surface area contributed by atoms with Crippen molar-refractivity contribution < 1.29 is 9.47 Å². The van der Waals surface area contributed by atoms with Crippen LogP contribution in [0.3, 0.4) is 0 Å². The van der Waals surface area contributed by atoms with E-state index in [0.717, 1.165) is 34.6 Å². The van der Waals surface area contributed by atoms with Gasteiger partial charge in [-0.2, -0.15) is 0 Å². The third-order valence-electron chi connectivity index (χ3n) is 3.41. The van der Waals surface area contributed by atoms with Crippen molar-refractivity contribution in [2.75, 3.05) is 7.11 Å². The molecule has 4 heteroatoms. The van der Waals surface area contributed by atoms with Crippen molar-refractivity contribution in [3.05, 3.63) is 45.9 Å². The lowest BCUT2D eigenvalue weighted by atomic mass is 10.00. The van der Waals surface area contributed by atoms with Crippen molar-refractivity contribution in [1.29, 1.82) is 0 Å². The summed E-state index contributed by atoms with van der Waals surface area (Å²) >= 11 is 12.3. The first-order chi connectivity index (χ1) is 9.58. The topological polar surface area (TPSA) is 18.5 Å². The first-order valence-corrected chi connectivity index (χ1v) is 7.17. The molecule has 0 aromatic heterocycles. The third kappa shape index (κ3) is 2.34. The van der Waals surface area contributed by atoms with Crippen molar-refractivity contribution in [1.82, 2.24) is 0 Å². The Bertz CT molecular complexity index is 668. The molecule has 0 saturated carbocycles. The quantitative estimate of drug-likeness (QED) is 0.778. The van der Waals surface area contributed by atoms with Crippen molar-refractivity contribution in [2.45, 2.75) is 19.4 Å². The van der Waals surface area contributed by atoms with Gasteiger partial charge in [-0.25, -0.2) is 0 Å². The lowest BCUT2D eigenvalue weighted by Gasteiger charge is -2.14. The molecule has 1 unspecified atom stereocenters. The molecule has 1 heterocycles. The molecule has 104 valence electrons. The summed E-state index contributed by atoms with van der Waals surface area (Å²) < 4.78 is 11.4. The lowest BCUT2D eigenvalue weighted by Crippen LogP contribution is -2.05. The molecule has 20 heavy (non-hydrogen) atoms. The van der Waals surface area contributed by atoms with Gasteiger partial charge >= 0.3 is 0 Å².